The minimum atomic E-state index is -0.484. The van der Waals surface area contributed by atoms with Gasteiger partial charge in [0.05, 0.1) is 21.6 Å². The zero-order valence-corrected chi connectivity index (χ0v) is 13.3. The van der Waals surface area contributed by atoms with Gasteiger partial charge in [0.2, 0.25) is 5.82 Å². The van der Waals surface area contributed by atoms with E-state index in [-0.39, 0.29) is 16.7 Å². The van der Waals surface area contributed by atoms with Crippen LogP contribution >= 0.6 is 23.8 Å². The van der Waals surface area contributed by atoms with Crippen LogP contribution in [0.25, 0.3) is 33.9 Å². The summed E-state index contributed by atoms with van der Waals surface area (Å²) in [5.74, 6) is -0.705. The fourth-order valence-corrected chi connectivity index (χ4v) is 2.85. The molecule has 0 aliphatic carbocycles. The van der Waals surface area contributed by atoms with E-state index in [1.54, 1.807) is 0 Å². The van der Waals surface area contributed by atoms with Gasteiger partial charge in [-0.15, -0.1) is 0 Å². The van der Waals surface area contributed by atoms with Gasteiger partial charge in [-0.05, 0) is 42.5 Å². The topological polar surface area (TPSA) is 70.5 Å². The van der Waals surface area contributed by atoms with Crippen molar-refractivity contribution in [3.8, 4) is 22.8 Å². The van der Waals surface area contributed by atoms with Gasteiger partial charge in [-0.3, -0.25) is 0 Å². The van der Waals surface area contributed by atoms with Crippen molar-refractivity contribution in [2.24, 2.45) is 0 Å². The average molecular weight is 365 g/mol. The molecular weight excluding hydrogens is 358 g/mol. The Morgan fingerprint density at radius 3 is 2.67 bits per heavy atom. The maximum absolute atomic E-state index is 13.8. The first kappa shape index (κ1) is 15.0. The van der Waals surface area contributed by atoms with E-state index < -0.39 is 11.6 Å². The summed E-state index contributed by atoms with van der Waals surface area (Å²) in [6, 6.07) is 6.39. The largest absolute Gasteiger partial charge is 0.334 e. The Kier molecular flexibility index (Phi) is 3.43. The quantitative estimate of drug-likeness (QED) is 0.497. The summed E-state index contributed by atoms with van der Waals surface area (Å²) in [4.78, 5) is 9.96. The summed E-state index contributed by atoms with van der Waals surface area (Å²) in [6.45, 7) is 0. The van der Waals surface area contributed by atoms with Crippen LogP contribution in [-0.2, 0) is 0 Å². The van der Waals surface area contributed by atoms with Crippen LogP contribution in [0, 0.1) is 16.4 Å². The molecule has 0 aliphatic heterocycles. The number of hydrogen-bond acceptors (Lipinski definition) is 4. The fourth-order valence-electron chi connectivity index (χ4n) is 2.39. The maximum Gasteiger partial charge on any atom is 0.260 e. The predicted octanol–water partition coefficient (Wildman–Crippen LogP) is 4.87. The first-order valence-electron chi connectivity index (χ1n) is 6.72. The number of nitrogens with one attached hydrogen (secondary N) is 2. The number of imidazole rings is 1. The second kappa shape index (κ2) is 5.50. The van der Waals surface area contributed by atoms with Crippen molar-refractivity contribution in [2.75, 3.05) is 0 Å². The molecule has 2 heterocycles. The maximum atomic E-state index is 13.8. The molecule has 0 spiro atoms. The van der Waals surface area contributed by atoms with E-state index in [4.69, 9.17) is 28.3 Å². The van der Waals surface area contributed by atoms with Crippen molar-refractivity contribution in [3.63, 3.8) is 0 Å². The number of rotatable bonds is 2. The van der Waals surface area contributed by atoms with Gasteiger partial charge in [0.25, 0.3) is 5.89 Å². The van der Waals surface area contributed by atoms with Gasteiger partial charge in [0.15, 0.2) is 4.77 Å². The lowest BCUT2D eigenvalue weighted by molar-refractivity contribution is 0.432. The Hall–Kier alpha value is -2.58. The molecule has 24 heavy (non-hydrogen) atoms. The van der Waals surface area contributed by atoms with Crippen LogP contribution in [-0.4, -0.2) is 20.1 Å². The molecule has 4 aromatic rings. The van der Waals surface area contributed by atoms with Crippen LogP contribution in [0.2, 0.25) is 5.02 Å². The van der Waals surface area contributed by atoms with Crippen LogP contribution in [0.5, 0.6) is 0 Å². The summed E-state index contributed by atoms with van der Waals surface area (Å²) in [5.41, 5.74) is 1.79. The molecule has 0 unspecified atom stereocenters. The number of hydrogen-bond donors (Lipinski definition) is 2. The Balaban J connectivity index is 1.88. The lowest BCUT2D eigenvalue weighted by Gasteiger charge is -1.99. The molecule has 0 saturated carbocycles. The van der Waals surface area contributed by atoms with Crippen LogP contribution in [0.15, 0.2) is 34.9 Å². The van der Waals surface area contributed by atoms with Crippen LogP contribution in [0.1, 0.15) is 0 Å². The second-order valence-electron chi connectivity index (χ2n) is 5.00. The van der Waals surface area contributed by atoms with Gasteiger partial charge in [-0.2, -0.15) is 4.98 Å². The average Bonchev–Trinajstić information content (AvgIpc) is 3.12. The molecule has 0 bridgehead atoms. The van der Waals surface area contributed by atoms with E-state index in [0.717, 1.165) is 6.07 Å². The minimum Gasteiger partial charge on any atom is -0.334 e. The highest BCUT2D eigenvalue weighted by Gasteiger charge is 2.17. The van der Waals surface area contributed by atoms with Gasteiger partial charge in [0, 0.05) is 5.56 Å². The molecule has 9 heteroatoms. The lowest BCUT2D eigenvalue weighted by Crippen LogP contribution is -1.86. The van der Waals surface area contributed by atoms with Crippen LogP contribution in [0.3, 0.4) is 0 Å². The van der Waals surface area contributed by atoms with Crippen molar-refractivity contribution >= 4 is 34.9 Å². The van der Waals surface area contributed by atoms with E-state index in [1.807, 2.05) is 0 Å². The van der Waals surface area contributed by atoms with Crippen LogP contribution in [0.4, 0.5) is 8.78 Å². The van der Waals surface area contributed by atoms with E-state index in [2.05, 4.69) is 20.1 Å². The smallest absolute Gasteiger partial charge is 0.260 e. The summed E-state index contributed by atoms with van der Waals surface area (Å²) in [6.07, 6.45) is 0. The first-order valence-corrected chi connectivity index (χ1v) is 7.51. The third kappa shape index (κ3) is 2.49. The van der Waals surface area contributed by atoms with E-state index in [0.29, 0.717) is 26.9 Å². The molecular formula is C15H7ClF2N4OS. The number of aromatic amines is 2. The molecule has 0 fully saturated rings. The highest BCUT2D eigenvalue weighted by Crippen LogP contribution is 2.31. The number of benzene rings is 2. The molecule has 0 amide bonds. The first-order chi connectivity index (χ1) is 11.5. The molecule has 5 nitrogen and oxygen atoms in total. The van der Waals surface area contributed by atoms with Crippen molar-refractivity contribution in [3.05, 3.63) is 51.8 Å². The van der Waals surface area contributed by atoms with Gasteiger partial charge >= 0.3 is 0 Å². The van der Waals surface area contributed by atoms with Crippen molar-refractivity contribution < 1.29 is 13.3 Å². The highest BCUT2D eigenvalue weighted by molar-refractivity contribution is 7.71. The zero-order chi connectivity index (χ0) is 16.8. The molecule has 0 atom stereocenters. The van der Waals surface area contributed by atoms with Crippen LogP contribution < -0.4 is 0 Å². The SMILES string of the molecule is Fc1ccc(-c2noc(-c3cc(F)cc4[nH]c(=S)[nH]c34)n2)c(Cl)c1. The molecule has 2 aromatic heterocycles. The predicted molar refractivity (Wildman–Crippen MR) is 87.1 cm³/mol. The Morgan fingerprint density at radius 1 is 1.04 bits per heavy atom. The molecule has 0 radical (unpaired) electrons. The molecule has 120 valence electrons. The van der Waals surface area contributed by atoms with E-state index >= 15 is 0 Å². The van der Waals surface area contributed by atoms with E-state index in [1.165, 1.54) is 24.3 Å². The summed E-state index contributed by atoms with van der Waals surface area (Å²) in [5, 5.41) is 3.98. The molecule has 0 saturated heterocycles. The molecule has 4 rings (SSSR count). The van der Waals surface area contributed by atoms with Crippen molar-refractivity contribution in [2.45, 2.75) is 0 Å². The summed E-state index contributed by atoms with van der Waals surface area (Å²) in [7, 11) is 0. The third-order valence-corrected chi connectivity index (χ3v) is 3.94. The third-order valence-electron chi connectivity index (χ3n) is 3.42. The Labute approximate surface area is 143 Å². The lowest BCUT2D eigenvalue weighted by atomic mass is 10.1. The highest BCUT2D eigenvalue weighted by atomic mass is 35.5. The fraction of sp³-hybridized carbons (Fsp3) is 0. The standard InChI is InChI=1S/C15H7ClF2N4OS/c16-10-4-6(17)1-2-8(10)13-21-14(23-22-13)9-3-7(18)5-11-12(9)20-15(24)19-11/h1-5H,(H2,19,20,24). The van der Waals surface area contributed by atoms with Crippen molar-refractivity contribution in [1.29, 1.82) is 0 Å². The monoisotopic (exact) mass is 364 g/mol. The Morgan fingerprint density at radius 2 is 1.88 bits per heavy atom. The number of aromatic nitrogens is 4. The van der Waals surface area contributed by atoms with Gasteiger partial charge < -0.3 is 14.5 Å². The molecule has 2 aromatic carbocycles. The summed E-state index contributed by atoms with van der Waals surface area (Å²) >= 11 is 11.0. The Bertz CT molecular complexity index is 1130. The van der Waals surface area contributed by atoms with E-state index in [9.17, 15) is 8.78 Å². The van der Waals surface area contributed by atoms with Gasteiger partial charge in [-0.1, -0.05) is 16.8 Å². The van der Waals surface area contributed by atoms with Gasteiger partial charge in [-0.25, -0.2) is 8.78 Å². The normalized spacial score (nSPS) is 11.3. The minimum absolute atomic E-state index is 0.0835. The number of halogens is 3. The number of H-pyrrole nitrogens is 2. The number of fused-ring (bicyclic) bond motifs is 1. The van der Waals surface area contributed by atoms with Gasteiger partial charge in [0.1, 0.15) is 11.6 Å². The van der Waals surface area contributed by atoms with Crippen molar-refractivity contribution in [1.82, 2.24) is 20.1 Å². The zero-order valence-electron chi connectivity index (χ0n) is 11.7. The second-order valence-corrected chi connectivity index (χ2v) is 5.82. The molecule has 2 N–H and O–H groups in total. The number of nitrogens with zero attached hydrogens (tertiary/aromatic N) is 2. The summed E-state index contributed by atoms with van der Waals surface area (Å²) < 4.78 is 32.5. The molecule has 0 aliphatic rings.